The molecule has 6 nitrogen and oxygen atoms in total. The monoisotopic (exact) mass is 455 g/mol. The van der Waals surface area contributed by atoms with Crippen molar-refractivity contribution >= 4 is 27.5 Å². The zero-order valence-electron chi connectivity index (χ0n) is 16.8. The van der Waals surface area contributed by atoms with Crippen LogP contribution in [-0.4, -0.2) is 36.3 Å². The van der Waals surface area contributed by atoms with Crippen LogP contribution in [0.5, 0.6) is 0 Å². The van der Waals surface area contributed by atoms with Gasteiger partial charge in [0.1, 0.15) is 5.49 Å². The Balaban J connectivity index is 1.69. The molecule has 0 spiro atoms. The molecular weight excluding hydrogens is 434 g/mol. The van der Waals surface area contributed by atoms with E-state index < -0.39 is 15.9 Å². The van der Waals surface area contributed by atoms with Gasteiger partial charge in [-0.3, -0.25) is 4.79 Å². The second-order valence-corrected chi connectivity index (χ2v) is 9.69. The molecule has 160 valence electrons. The number of benzene rings is 2. The van der Waals surface area contributed by atoms with Gasteiger partial charge in [0.15, 0.2) is 0 Å². The number of hydrogen-bond donors (Lipinski definition) is 0. The number of carbonyl (C=O) groups is 1. The van der Waals surface area contributed by atoms with Gasteiger partial charge in [-0.15, -0.1) is 0 Å². The van der Waals surface area contributed by atoms with Crippen molar-refractivity contribution in [3.8, 4) is 0 Å². The summed E-state index contributed by atoms with van der Waals surface area (Å²) in [6, 6.07) is 19.4. The van der Waals surface area contributed by atoms with E-state index in [1.54, 1.807) is 12.1 Å². The van der Waals surface area contributed by atoms with Crippen molar-refractivity contribution in [3.63, 3.8) is 0 Å². The van der Waals surface area contributed by atoms with E-state index in [1.807, 2.05) is 47.2 Å². The number of sulfonamides is 1. The maximum atomic E-state index is 13.0. The van der Waals surface area contributed by atoms with E-state index in [-0.39, 0.29) is 15.5 Å². The van der Waals surface area contributed by atoms with Gasteiger partial charge in [0, 0.05) is 25.8 Å². The molecule has 0 saturated carbocycles. The summed E-state index contributed by atoms with van der Waals surface area (Å²) in [4.78, 5) is 17.3. The summed E-state index contributed by atoms with van der Waals surface area (Å²) < 4.78 is 29.0. The molecule has 1 fully saturated rings. The first kappa shape index (κ1) is 21.5. The van der Waals surface area contributed by atoms with E-state index in [0.717, 1.165) is 18.4 Å². The summed E-state index contributed by atoms with van der Waals surface area (Å²) in [5, 5.41) is 0.166. The number of halogens is 1. The Morgan fingerprint density at radius 1 is 0.968 bits per heavy atom. The molecule has 1 amide bonds. The summed E-state index contributed by atoms with van der Waals surface area (Å²) >= 11 is 6.24. The highest BCUT2D eigenvalue weighted by molar-refractivity contribution is 7.89. The molecule has 31 heavy (non-hydrogen) atoms. The summed E-state index contributed by atoms with van der Waals surface area (Å²) in [6.45, 7) is 1.52. The zero-order chi connectivity index (χ0) is 21.8. The second kappa shape index (κ2) is 9.18. The maximum absolute atomic E-state index is 13.0. The summed E-state index contributed by atoms with van der Waals surface area (Å²) in [5.41, 5.74) is 1.59. The molecule has 0 bridgehead atoms. The highest BCUT2D eigenvalue weighted by atomic mass is 35.5. The molecule has 2 aromatic carbocycles. The molecule has 1 saturated heterocycles. The van der Waals surface area contributed by atoms with E-state index in [2.05, 4.69) is 4.99 Å². The predicted octanol–water partition coefficient (Wildman–Crippen LogP) is 3.72. The lowest BCUT2D eigenvalue weighted by molar-refractivity contribution is 0.0997. The van der Waals surface area contributed by atoms with Crippen LogP contribution in [0.25, 0.3) is 0 Å². The van der Waals surface area contributed by atoms with Gasteiger partial charge in [-0.25, -0.2) is 8.42 Å². The molecule has 0 atom stereocenters. The van der Waals surface area contributed by atoms with Gasteiger partial charge in [0.25, 0.3) is 5.91 Å². The first-order valence-electron chi connectivity index (χ1n) is 10.0. The highest BCUT2D eigenvalue weighted by Gasteiger charge is 2.28. The topological polar surface area (TPSA) is 71.7 Å². The quantitative estimate of drug-likeness (QED) is 0.588. The first-order chi connectivity index (χ1) is 14.9. The minimum absolute atomic E-state index is 0.0579. The molecule has 1 aliphatic heterocycles. The van der Waals surface area contributed by atoms with Crippen LogP contribution in [0, 0.1) is 0 Å². The third kappa shape index (κ3) is 4.79. The Labute approximate surface area is 186 Å². The first-order valence-corrected chi connectivity index (χ1v) is 11.8. The molecule has 3 aromatic rings. The number of rotatable bonds is 5. The van der Waals surface area contributed by atoms with Crippen molar-refractivity contribution in [2.24, 2.45) is 4.99 Å². The van der Waals surface area contributed by atoms with Gasteiger partial charge >= 0.3 is 0 Å². The van der Waals surface area contributed by atoms with Crippen molar-refractivity contribution in [1.29, 1.82) is 0 Å². The summed E-state index contributed by atoms with van der Waals surface area (Å²) in [6.07, 6.45) is 3.52. The van der Waals surface area contributed by atoms with Crippen LogP contribution < -0.4 is 5.49 Å². The number of pyridine rings is 1. The smallest absolute Gasteiger partial charge is 0.280 e. The maximum Gasteiger partial charge on any atom is 0.280 e. The number of hydrogen-bond acceptors (Lipinski definition) is 3. The van der Waals surface area contributed by atoms with E-state index in [9.17, 15) is 13.2 Å². The average molecular weight is 456 g/mol. The Morgan fingerprint density at radius 3 is 2.42 bits per heavy atom. The van der Waals surface area contributed by atoms with Gasteiger partial charge < -0.3 is 4.57 Å². The van der Waals surface area contributed by atoms with Crippen LogP contribution in [-0.2, 0) is 16.6 Å². The van der Waals surface area contributed by atoms with E-state index in [4.69, 9.17) is 11.6 Å². The van der Waals surface area contributed by atoms with Crippen LogP contribution >= 0.6 is 11.6 Å². The van der Waals surface area contributed by atoms with Crippen LogP contribution in [0.2, 0.25) is 5.02 Å². The number of carbonyl (C=O) groups excluding carboxylic acids is 1. The average Bonchev–Trinajstić information content (AvgIpc) is 3.32. The number of aromatic nitrogens is 1. The van der Waals surface area contributed by atoms with E-state index in [0.29, 0.717) is 25.1 Å². The van der Waals surface area contributed by atoms with Crippen LogP contribution in [0.1, 0.15) is 28.8 Å². The number of nitrogens with zero attached hydrogens (tertiary/aromatic N) is 3. The minimum atomic E-state index is -3.66. The lowest BCUT2D eigenvalue weighted by atomic mass is 10.2. The van der Waals surface area contributed by atoms with Gasteiger partial charge in [0.2, 0.25) is 10.0 Å². The van der Waals surface area contributed by atoms with Crippen molar-refractivity contribution < 1.29 is 13.2 Å². The van der Waals surface area contributed by atoms with E-state index in [1.165, 1.54) is 22.5 Å². The SMILES string of the molecule is O=C(N=c1ccccn1Cc1ccccc1)c1cc(S(=O)(=O)N2CCCC2)ccc1Cl. The fourth-order valence-electron chi connectivity index (χ4n) is 3.55. The molecule has 1 aliphatic rings. The van der Waals surface area contributed by atoms with Crippen molar-refractivity contribution in [2.75, 3.05) is 13.1 Å². The van der Waals surface area contributed by atoms with Crippen LogP contribution in [0.4, 0.5) is 0 Å². The highest BCUT2D eigenvalue weighted by Crippen LogP contribution is 2.25. The molecule has 8 heteroatoms. The van der Waals surface area contributed by atoms with Gasteiger partial charge in [-0.1, -0.05) is 48.0 Å². The molecular formula is C23H22ClN3O3S. The Kier molecular flexibility index (Phi) is 6.36. The zero-order valence-corrected chi connectivity index (χ0v) is 18.4. The van der Waals surface area contributed by atoms with Gasteiger partial charge in [-0.2, -0.15) is 9.30 Å². The Morgan fingerprint density at radius 2 is 1.68 bits per heavy atom. The van der Waals surface area contributed by atoms with Crippen LogP contribution in [0.15, 0.2) is 82.8 Å². The lowest BCUT2D eigenvalue weighted by Crippen LogP contribution is -2.28. The van der Waals surface area contributed by atoms with Crippen molar-refractivity contribution in [1.82, 2.24) is 8.87 Å². The summed E-state index contributed by atoms with van der Waals surface area (Å²) in [5.74, 6) is -0.587. The summed E-state index contributed by atoms with van der Waals surface area (Å²) in [7, 11) is -3.66. The molecule has 0 unspecified atom stereocenters. The minimum Gasteiger partial charge on any atom is -0.328 e. The van der Waals surface area contributed by atoms with Crippen LogP contribution in [0.3, 0.4) is 0 Å². The molecule has 0 aliphatic carbocycles. The van der Waals surface area contributed by atoms with Gasteiger partial charge in [-0.05, 0) is 48.7 Å². The largest absolute Gasteiger partial charge is 0.328 e. The molecule has 0 radical (unpaired) electrons. The standard InChI is InChI=1S/C23H22ClN3O3S/c24-21-12-11-19(31(29,30)27-14-6-7-15-27)16-20(21)23(28)25-22-10-4-5-13-26(22)17-18-8-2-1-3-9-18/h1-5,8-13,16H,6-7,14-15,17H2. The third-order valence-corrected chi connectivity index (χ3v) is 7.42. The van der Waals surface area contributed by atoms with Crippen molar-refractivity contribution in [2.45, 2.75) is 24.3 Å². The molecule has 0 N–H and O–H groups in total. The fourth-order valence-corrected chi connectivity index (χ4v) is 5.30. The Hall–Kier alpha value is -2.74. The van der Waals surface area contributed by atoms with Crippen molar-refractivity contribution in [3.05, 3.63) is 94.6 Å². The molecule has 1 aromatic heterocycles. The van der Waals surface area contributed by atoms with Gasteiger partial charge in [0.05, 0.1) is 15.5 Å². The molecule has 4 rings (SSSR count). The van der Waals surface area contributed by atoms with E-state index >= 15 is 0 Å². The predicted molar refractivity (Wildman–Crippen MR) is 119 cm³/mol. The fraction of sp³-hybridized carbons (Fsp3) is 0.217. The second-order valence-electron chi connectivity index (χ2n) is 7.34. The molecule has 2 heterocycles. The Bertz CT molecular complexity index is 1260. The lowest BCUT2D eigenvalue weighted by Gasteiger charge is -2.16. The number of amides is 1. The normalized spacial score (nSPS) is 15.3. The third-order valence-electron chi connectivity index (χ3n) is 5.20.